The van der Waals surface area contributed by atoms with Crippen LogP contribution in [0.3, 0.4) is 0 Å². The predicted molar refractivity (Wildman–Crippen MR) is 9.94 cm³/mol. The van der Waals surface area contributed by atoms with Crippen LogP contribution in [0.5, 0.6) is 0 Å². The molecule has 0 aliphatic rings. The van der Waals surface area contributed by atoms with Crippen LogP contribution < -0.4 is 0 Å². The van der Waals surface area contributed by atoms with Gasteiger partial charge in [0.05, 0.1) is 0 Å². The molecule has 0 N–H and O–H groups in total. The molecule has 0 fully saturated rings. The molecule has 27 valence electrons. The first-order valence-electron chi connectivity index (χ1n) is 0. The smallest absolute Gasteiger partial charge is 0 e. The molecule has 4 heavy (non-hydrogen) atoms. The van der Waals surface area contributed by atoms with Crippen LogP contribution in [0.15, 0.2) is 0 Å². The third kappa shape index (κ3) is 8.82. The molecule has 0 saturated heterocycles. The average molecular weight is 413 g/mol. The standard InChI is InChI=1S/Bi.Cr.Fe.Nb.3H. The van der Waals surface area contributed by atoms with Crippen molar-refractivity contribution in [1.29, 1.82) is 0 Å². The SMILES string of the molecule is [BiH3].[Cr].[Fe].[Nb]. The normalized spacial score (nSPS) is 0. The van der Waals surface area contributed by atoms with E-state index in [9.17, 15) is 0 Å². The summed E-state index contributed by atoms with van der Waals surface area (Å²) in [7, 11) is 0. The average Bonchev–Trinajstić information content (AvgIpc) is 0. The number of hydrogen-bond donors (Lipinski definition) is 0. The van der Waals surface area contributed by atoms with E-state index in [2.05, 4.69) is 0 Å². The monoisotopic (exact) mass is 413 g/mol. The topological polar surface area (TPSA) is 0 Å². The minimum atomic E-state index is 0. The Labute approximate surface area is 81.7 Å². The van der Waals surface area contributed by atoms with Gasteiger partial charge in [-0.05, 0) is 0 Å². The van der Waals surface area contributed by atoms with Crippen LogP contribution in [0.2, 0.25) is 0 Å². The molecule has 0 heterocycles. The van der Waals surface area contributed by atoms with E-state index in [0.29, 0.717) is 0 Å². The van der Waals surface area contributed by atoms with Crippen molar-refractivity contribution in [3.8, 4) is 0 Å². The maximum atomic E-state index is 0. The minimum Gasteiger partial charge on any atom is 0 e. The van der Waals surface area contributed by atoms with E-state index in [1.807, 2.05) is 0 Å². The molecular formula is H3BiCrFeNb. The summed E-state index contributed by atoms with van der Waals surface area (Å²) in [5.41, 5.74) is 0. The van der Waals surface area contributed by atoms with Crippen molar-refractivity contribution >= 4 is 26.2 Å². The molecule has 0 aliphatic carbocycles. The maximum absolute atomic E-state index is 0. The zero-order chi connectivity index (χ0) is 0. The molecule has 0 bridgehead atoms. The van der Waals surface area contributed by atoms with Crippen LogP contribution in [-0.4, -0.2) is 26.2 Å². The molecule has 0 amide bonds. The van der Waals surface area contributed by atoms with Crippen molar-refractivity contribution < 1.29 is 56.8 Å². The Bertz CT molecular complexity index is 8.00. The van der Waals surface area contributed by atoms with Gasteiger partial charge in [-0.1, -0.05) is 0 Å². The van der Waals surface area contributed by atoms with E-state index >= 15 is 0 Å². The van der Waals surface area contributed by atoms with Crippen LogP contribution >= 0.6 is 0 Å². The Morgan fingerprint density at radius 3 is 1.00 bits per heavy atom. The third-order valence-corrected chi connectivity index (χ3v) is 0. The Morgan fingerprint density at radius 2 is 1.00 bits per heavy atom. The van der Waals surface area contributed by atoms with Gasteiger partial charge in [0, 0.05) is 56.8 Å². The van der Waals surface area contributed by atoms with Crippen molar-refractivity contribution in [3.05, 3.63) is 0 Å². The third-order valence-electron chi connectivity index (χ3n) is 0. The molecule has 0 saturated carbocycles. The molecule has 0 aliphatic heterocycles. The zero-order valence-electron chi connectivity index (χ0n) is 1.92. The summed E-state index contributed by atoms with van der Waals surface area (Å²) in [5.74, 6) is 0. The predicted octanol–water partition coefficient (Wildman–Crippen LogP) is -1.19. The van der Waals surface area contributed by atoms with Gasteiger partial charge in [-0.3, -0.25) is 0 Å². The van der Waals surface area contributed by atoms with Gasteiger partial charge in [-0.2, -0.15) is 0 Å². The summed E-state index contributed by atoms with van der Waals surface area (Å²) in [5, 5.41) is 0. The Morgan fingerprint density at radius 1 is 1.00 bits per heavy atom. The summed E-state index contributed by atoms with van der Waals surface area (Å²) in [6.07, 6.45) is 0. The molecule has 0 atom stereocenters. The molecule has 0 rings (SSSR count). The first kappa shape index (κ1) is 30.0. The van der Waals surface area contributed by atoms with Crippen molar-refractivity contribution in [2.75, 3.05) is 0 Å². The molecule has 0 aromatic heterocycles. The Hall–Kier alpha value is 2.68. The van der Waals surface area contributed by atoms with E-state index in [1.54, 1.807) is 0 Å². The minimum absolute atomic E-state index is 0. The van der Waals surface area contributed by atoms with E-state index in [4.69, 9.17) is 0 Å². The van der Waals surface area contributed by atoms with Gasteiger partial charge in [0.15, 0.2) is 0 Å². The second-order valence-electron chi connectivity index (χ2n) is 0. The van der Waals surface area contributed by atoms with Crippen LogP contribution in [0.4, 0.5) is 0 Å². The molecular weight excluding hydrogens is 410 g/mol. The van der Waals surface area contributed by atoms with Crippen LogP contribution in [0.25, 0.3) is 0 Å². The molecule has 0 unspecified atom stereocenters. The first-order chi connectivity index (χ1) is 0. The fraction of sp³-hybridized carbons (Fsp3) is 0. The quantitative estimate of drug-likeness (QED) is 0.439. The fourth-order valence-electron chi connectivity index (χ4n) is 0. The maximum Gasteiger partial charge on any atom is 0 e. The van der Waals surface area contributed by atoms with Gasteiger partial charge < -0.3 is 0 Å². The van der Waals surface area contributed by atoms with Crippen LogP contribution in [0.1, 0.15) is 0 Å². The van der Waals surface area contributed by atoms with Crippen molar-refractivity contribution in [1.82, 2.24) is 0 Å². The van der Waals surface area contributed by atoms with Gasteiger partial charge in [0.1, 0.15) is 0 Å². The summed E-state index contributed by atoms with van der Waals surface area (Å²) in [6.45, 7) is 0. The van der Waals surface area contributed by atoms with Gasteiger partial charge in [-0.25, -0.2) is 0 Å². The molecule has 4 heteroatoms. The van der Waals surface area contributed by atoms with Gasteiger partial charge in [-0.15, -0.1) is 0 Å². The van der Waals surface area contributed by atoms with E-state index in [0.717, 1.165) is 0 Å². The van der Waals surface area contributed by atoms with Gasteiger partial charge in [0.2, 0.25) is 0 Å². The molecule has 1 radical (unpaired) electrons. The fourth-order valence-corrected chi connectivity index (χ4v) is 0. The van der Waals surface area contributed by atoms with E-state index < -0.39 is 0 Å². The summed E-state index contributed by atoms with van der Waals surface area (Å²) in [6, 6.07) is 0. The van der Waals surface area contributed by atoms with E-state index in [-0.39, 0.29) is 83.0 Å². The summed E-state index contributed by atoms with van der Waals surface area (Å²) < 4.78 is 0. The Kier molecular flexibility index (Phi) is 130. The molecule has 0 aromatic rings. The van der Waals surface area contributed by atoms with Crippen molar-refractivity contribution in [2.24, 2.45) is 0 Å². The Balaban J connectivity index is 0. The largest absolute Gasteiger partial charge is 0 e. The number of hydrogen-bond acceptors (Lipinski definition) is 0. The number of rotatable bonds is 0. The van der Waals surface area contributed by atoms with Crippen LogP contribution in [-0.2, 0) is 56.8 Å². The molecule has 0 nitrogen and oxygen atoms in total. The second kappa shape index (κ2) is 17.3. The van der Waals surface area contributed by atoms with Gasteiger partial charge in [0.25, 0.3) is 0 Å². The zero-order valence-corrected chi connectivity index (χ0v) is 12.0. The van der Waals surface area contributed by atoms with Gasteiger partial charge >= 0.3 is 26.2 Å². The summed E-state index contributed by atoms with van der Waals surface area (Å²) >= 11 is 0. The second-order valence-corrected chi connectivity index (χ2v) is 0. The molecule has 0 spiro atoms. The van der Waals surface area contributed by atoms with Crippen molar-refractivity contribution in [2.45, 2.75) is 0 Å². The first-order valence-corrected chi connectivity index (χ1v) is 0. The van der Waals surface area contributed by atoms with Crippen molar-refractivity contribution in [3.63, 3.8) is 0 Å². The summed E-state index contributed by atoms with van der Waals surface area (Å²) in [4.78, 5) is 0. The van der Waals surface area contributed by atoms with E-state index in [1.165, 1.54) is 0 Å². The van der Waals surface area contributed by atoms with Crippen LogP contribution in [0, 0.1) is 0 Å². The molecule has 0 aromatic carbocycles.